The van der Waals surface area contributed by atoms with Crippen molar-refractivity contribution in [1.82, 2.24) is 10.2 Å². The van der Waals surface area contributed by atoms with Crippen LogP contribution in [-0.2, 0) is 4.74 Å². The Balaban J connectivity index is 1.56. The van der Waals surface area contributed by atoms with E-state index in [1.807, 2.05) is 42.5 Å². The molecule has 1 amide bonds. The zero-order valence-corrected chi connectivity index (χ0v) is 16.4. The average molecular weight is 377 g/mol. The number of benzene rings is 2. The second-order valence-electron chi connectivity index (χ2n) is 7.25. The van der Waals surface area contributed by atoms with E-state index in [-0.39, 0.29) is 5.91 Å². The number of nitrogens with zero attached hydrogens (tertiary/aromatic N) is 2. The number of ether oxygens (including phenoxy) is 1. The third-order valence-corrected chi connectivity index (χ3v) is 5.27. The normalized spacial score (nSPS) is 17.1. The predicted octanol–water partition coefficient (Wildman–Crippen LogP) is 3.31. The first-order valence-corrected chi connectivity index (χ1v) is 9.80. The SMILES string of the molecule is COCCN1CCC[C@H](CNC(=O)c2ccc(-c3ccccc3C#N)cc2)C1. The number of methoxy groups -OCH3 is 1. The van der Waals surface area contributed by atoms with Gasteiger partial charge in [0, 0.05) is 32.3 Å². The molecule has 1 aliphatic rings. The van der Waals surface area contributed by atoms with Crippen LogP contribution in [0.15, 0.2) is 48.5 Å². The van der Waals surface area contributed by atoms with Crippen LogP contribution in [0.5, 0.6) is 0 Å². The fraction of sp³-hybridized carbons (Fsp3) is 0.391. The highest BCUT2D eigenvalue weighted by molar-refractivity contribution is 5.94. The molecule has 28 heavy (non-hydrogen) atoms. The van der Waals surface area contributed by atoms with Crippen LogP contribution in [0.4, 0.5) is 0 Å². The summed E-state index contributed by atoms with van der Waals surface area (Å²) in [7, 11) is 1.73. The second kappa shape index (κ2) is 10.0. The summed E-state index contributed by atoms with van der Waals surface area (Å²) in [6.07, 6.45) is 2.31. The van der Waals surface area contributed by atoms with Crippen LogP contribution >= 0.6 is 0 Å². The first kappa shape index (κ1) is 20.1. The summed E-state index contributed by atoms with van der Waals surface area (Å²) in [4.78, 5) is 14.9. The summed E-state index contributed by atoms with van der Waals surface area (Å²) in [5, 5.41) is 12.3. The van der Waals surface area contributed by atoms with Gasteiger partial charge in [0.2, 0.25) is 0 Å². The van der Waals surface area contributed by atoms with Crippen LogP contribution in [0.25, 0.3) is 11.1 Å². The maximum Gasteiger partial charge on any atom is 0.251 e. The van der Waals surface area contributed by atoms with E-state index in [9.17, 15) is 10.1 Å². The molecule has 0 saturated carbocycles. The molecule has 5 heteroatoms. The molecule has 0 bridgehead atoms. The van der Waals surface area contributed by atoms with E-state index in [2.05, 4.69) is 16.3 Å². The molecule has 0 aliphatic carbocycles. The van der Waals surface area contributed by atoms with Crippen molar-refractivity contribution in [2.24, 2.45) is 5.92 Å². The van der Waals surface area contributed by atoms with Gasteiger partial charge in [-0.25, -0.2) is 0 Å². The van der Waals surface area contributed by atoms with Crippen LogP contribution in [0.3, 0.4) is 0 Å². The van der Waals surface area contributed by atoms with Gasteiger partial charge in [0.1, 0.15) is 0 Å². The number of likely N-dealkylation sites (tertiary alicyclic amines) is 1. The first-order valence-electron chi connectivity index (χ1n) is 9.80. The highest BCUT2D eigenvalue weighted by atomic mass is 16.5. The lowest BCUT2D eigenvalue weighted by molar-refractivity contribution is 0.0913. The molecular formula is C23H27N3O2. The molecule has 1 N–H and O–H groups in total. The topological polar surface area (TPSA) is 65.4 Å². The smallest absolute Gasteiger partial charge is 0.251 e. The zero-order valence-electron chi connectivity index (χ0n) is 16.4. The predicted molar refractivity (Wildman–Crippen MR) is 110 cm³/mol. The summed E-state index contributed by atoms with van der Waals surface area (Å²) in [6, 6.07) is 17.2. The van der Waals surface area contributed by atoms with E-state index in [1.165, 1.54) is 0 Å². The van der Waals surface area contributed by atoms with Gasteiger partial charge < -0.3 is 15.0 Å². The van der Waals surface area contributed by atoms with Gasteiger partial charge in [0.15, 0.2) is 0 Å². The molecule has 1 heterocycles. The molecule has 1 aliphatic heterocycles. The van der Waals surface area contributed by atoms with Gasteiger partial charge in [-0.1, -0.05) is 30.3 Å². The van der Waals surface area contributed by atoms with Crippen molar-refractivity contribution in [1.29, 1.82) is 5.26 Å². The third kappa shape index (κ3) is 5.19. The Kier molecular flexibility index (Phi) is 7.18. The average Bonchev–Trinajstić information content (AvgIpc) is 2.76. The van der Waals surface area contributed by atoms with Crippen LogP contribution in [0, 0.1) is 17.2 Å². The third-order valence-electron chi connectivity index (χ3n) is 5.27. The number of hydrogen-bond acceptors (Lipinski definition) is 4. The molecule has 2 aromatic rings. The number of carbonyl (C=O) groups excluding carboxylic acids is 1. The largest absolute Gasteiger partial charge is 0.383 e. The van der Waals surface area contributed by atoms with Crippen LogP contribution in [-0.4, -0.2) is 50.7 Å². The quantitative estimate of drug-likeness (QED) is 0.804. The van der Waals surface area contributed by atoms with Crippen molar-refractivity contribution in [3.05, 3.63) is 59.7 Å². The standard InChI is InChI=1S/C23H27N3O2/c1-28-14-13-26-12-4-5-18(17-26)16-25-23(27)20-10-8-19(9-11-20)22-7-3-2-6-21(22)15-24/h2-3,6-11,18H,4-5,12-14,16-17H2,1H3,(H,25,27)/t18-/m1/s1. The van der Waals surface area contributed by atoms with E-state index < -0.39 is 0 Å². The maximum absolute atomic E-state index is 12.5. The number of piperidine rings is 1. The van der Waals surface area contributed by atoms with Gasteiger partial charge in [0.05, 0.1) is 18.2 Å². The minimum Gasteiger partial charge on any atom is -0.383 e. The Labute approximate surface area is 166 Å². The summed E-state index contributed by atoms with van der Waals surface area (Å²) < 4.78 is 5.16. The molecule has 1 atom stereocenters. The van der Waals surface area contributed by atoms with Gasteiger partial charge in [-0.15, -0.1) is 0 Å². The highest BCUT2D eigenvalue weighted by Gasteiger charge is 2.20. The molecule has 1 fully saturated rings. The lowest BCUT2D eigenvalue weighted by atomic mass is 9.97. The Hall–Kier alpha value is -2.68. The number of nitriles is 1. The summed E-state index contributed by atoms with van der Waals surface area (Å²) in [6.45, 7) is 4.52. The molecule has 1 saturated heterocycles. The molecule has 3 rings (SSSR count). The van der Waals surface area contributed by atoms with Crippen molar-refractivity contribution in [2.75, 3.05) is 39.9 Å². The number of carbonyl (C=O) groups is 1. The van der Waals surface area contributed by atoms with Gasteiger partial charge in [-0.3, -0.25) is 4.79 Å². The first-order chi connectivity index (χ1) is 13.7. The Bertz CT molecular complexity index is 826. The van der Waals surface area contributed by atoms with E-state index in [1.54, 1.807) is 13.2 Å². The molecule has 146 valence electrons. The molecule has 0 aromatic heterocycles. The number of nitrogens with one attached hydrogen (secondary N) is 1. The maximum atomic E-state index is 12.5. The fourth-order valence-corrected chi connectivity index (χ4v) is 3.71. The Morgan fingerprint density at radius 3 is 2.79 bits per heavy atom. The van der Waals surface area contributed by atoms with Gasteiger partial charge >= 0.3 is 0 Å². The van der Waals surface area contributed by atoms with Crippen molar-refractivity contribution in [2.45, 2.75) is 12.8 Å². The molecular weight excluding hydrogens is 350 g/mol. The minimum absolute atomic E-state index is 0.0471. The number of hydrogen-bond donors (Lipinski definition) is 1. The van der Waals surface area contributed by atoms with Crippen molar-refractivity contribution < 1.29 is 9.53 Å². The zero-order chi connectivity index (χ0) is 19.8. The summed E-state index contributed by atoms with van der Waals surface area (Å²) in [5.41, 5.74) is 3.10. The second-order valence-corrected chi connectivity index (χ2v) is 7.25. The molecule has 0 spiro atoms. The highest BCUT2D eigenvalue weighted by Crippen LogP contribution is 2.23. The number of rotatable bonds is 7. The van der Waals surface area contributed by atoms with E-state index in [0.29, 0.717) is 23.6 Å². The van der Waals surface area contributed by atoms with E-state index in [4.69, 9.17) is 4.74 Å². The van der Waals surface area contributed by atoms with E-state index >= 15 is 0 Å². The fourth-order valence-electron chi connectivity index (χ4n) is 3.71. The van der Waals surface area contributed by atoms with Gasteiger partial charge in [-0.2, -0.15) is 5.26 Å². The lowest BCUT2D eigenvalue weighted by Gasteiger charge is -2.32. The summed E-state index contributed by atoms with van der Waals surface area (Å²) >= 11 is 0. The molecule has 0 radical (unpaired) electrons. The molecule has 5 nitrogen and oxygen atoms in total. The van der Waals surface area contributed by atoms with Crippen molar-refractivity contribution in [3.63, 3.8) is 0 Å². The minimum atomic E-state index is -0.0471. The lowest BCUT2D eigenvalue weighted by Crippen LogP contribution is -2.42. The number of amides is 1. The van der Waals surface area contributed by atoms with E-state index in [0.717, 1.165) is 50.2 Å². The van der Waals surface area contributed by atoms with Crippen LogP contribution in [0.2, 0.25) is 0 Å². The molecule has 0 unspecified atom stereocenters. The summed E-state index contributed by atoms with van der Waals surface area (Å²) in [5.74, 6) is 0.436. The van der Waals surface area contributed by atoms with Crippen LogP contribution < -0.4 is 5.32 Å². The Morgan fingerprint density at radius 1 is 1.25 bits per heavy atom. The Morgan fingerprint density at radius 2 is 2.04 bits per heavy atom. The van der Waals surface area contributed by atoms with Gasteiger partial charge in [0.25, 0.3) is 5.91 Å². The monoisotopic (exact) mass is 377 g/mol. The van der Waals surface area contributed by atoms with Gasteiger partial charge in [-0.05, 0) is 54.6 Å². The van der Waals surface area contributed by atoms with Crippen molar-refractivity contribution >= 4 is 5.91 Å². The van der Waals surface area contributed by atoms with Crippen molar-refractivity contribution in [3.8, 4) is 17.2 Å². The van der Waals surface area contributed by atoms with Crippen LogP contribution in [0.1, 0.15) is 28.8 Å². The molecule has 2 aromatic carbocycles.